The van der Waals surface area contributed by atoms with E-state index in [9.17, 15) is 4.79 Å². The average molecular weight is 439 g/mol. The van der Waals surface area contributed by atoms with E-state index in [1.807, 2.05) is 35.6 Å². The van der Waals surface area contributed by atoms with Crippen LogP contribution >= 0.6 is 27.7 Å². The zero-order chi connectivity index (χ0) is 18.8. The predicted octanol–water partition coefficient (Wildman–Crippen LogP) is 4.23. The van der Waals surface area contributed by atoms with Crippen LogP contribution in [0.15, 0.2) is 44.5 Å². The highest BCUT2D eigenvalue weighted by Gasteiger charge is 2.38. The SMILES string of the molecule is CCOC(=O)C1=C(C)N=C2SC=CN2[C@H]1c1cc(OC)c(OC)cc1Br. The molecule has 6 nitrogen and oxygen atoms in total. The number of ether oxygens (including phenoxy) is 3. The second-order valence-corrected chi connectivity index (χ2v) is 7.28. The number of esters is 1. The number of nitrogens with zero attached hydrogens (tertiary/aromatic N) is 2. The maximum absolute atomic E-state index is 12.7. The Morgan fingerprint density at radius 1 is 1.31 bits per heavy atom. The second-order valence-electron chi connectivity index (χ2n) is 5.56. The van der Waals surface area contributed by atoms with Crippen LogP contribution in [0, 0.1) is 0 Å². The van der Waals surface area contributed by atoms with E-state index in [0.717, 1.165) is 15.2 Å². The summed E-state index contributed by atoms with van der Waals surface area (Å²) in [6.07, 6.45) is 1.92. The standard InChI is InChI=1S/C18H19BrN2O4S/c1-5-25-17(22)15-10(2)20-18-21(6-7-26-18)16(15)11-8-13(23-3)14(24-4)9-12(11)19/h6-9,16H,5H2,1-4H3/t16-/m0/s1. The fraction of sp³-hybridized carbons (Fsp3) is 0.333. The first-order valence-corrected chi connectivity index (χ1v) is 9.68. The van der Waals surface area contributed by atoms with E-state index in [2.05, 4.69) is 20.9 Å². The van der Waals surface area contributed by atoms with Gasteiger partial charge in [-0.25, -0.2) is 9.79 Å². The number of methoxy groups -OCH3 is 2. The van der Waals surface area contributed by atoms with Crippen molar-refractivity contribution in [1.29, 1.82) is 0 Å². The van der Waals surface area contributed by atoms with Crippen molar-refractivity contribution < 1.29 is 19.0 Å². The summed E-state index contributed by atoms with van der Waals surface area (Å²) in [6.45, 7) is 3.92. The number of fused-ring (bicyclic) bond motifs is 1. The van der Waals surface area contributed by atoms with Gasteiger partial charge in [-0.3, -0.25) is 0 Å². The van der Waals surface area contributed by atoms with E-state index in [4.69, 9.17) is 14.2 Å². The Labute approximate surface area is 165 Å². The van der Waals surface area contributed by atoms with Gasteiger partial charge in [0.1, 0.15) is 0 Å². The van der Waals surface area contributed by atoms with Gasteiger partial charge in [0.25, 0.3) is 0 Å². The topological polar surface area (TPSA) is 60.4 Å². The summed E-state index contributed by atoms with van der Waals surface area (Å²) in [4.78, 5) is 19.2. The van der Waals surface area contributed by atoms with Gasteiger partial charge in [-0.05, 0) is 37.0 Å². The summed E-state index contributed by atoms with van der Waals surface area (Å²) in [7, 11) is 3.17. The first kappa shape index (κ1) is 18.8. The van der Waals surface area contributed by atoms with Crippen LogP contribution in [0.1, 0.15) is 25.5 Å². The number of carbonyl (C=O) groups is 1. The van der Waals surface area contributed by atoms with Gasteiger partial charge in [0.05, 0.1) is 38.1 Å². The molecule has 138 valence electrons. The Bertz CT molecular complexity index is 835. The lowest BCUT2D eigenvalue weighted by Crippen LogP contribution is -2.34. The molecule has 2 aliphatic rings. The highest BCUT2D eigenvalue weighted by Crippen LogP contribution is 2.45. The molecule has 2 aliphatic heterocycles. The van der Waals surface area contributed by atoms with Gasteiger partial charge in [-0.1, -0.05) is 27.7 Å². The minimum atomic E-state index is -0.373. The number of hydrogen-bond donors (Lipinski definition) is 0. The number of benzene rings is 1. The first-order chi connectivity index (χ1) is 12.5. The van der Waals surface area contributed by atoms with Crippen LogP contribution in [0.25, 0.3) is 0 Å². The van der Waals surface area contributed by atoms with Crippen molar-refractivity contribution >= 4 is 38.8 Å². The molecule has 0 amide bonds. The number of allylic oxidation sites excluding steroid dienone is 1. The third-order valence-electron chi connectivity index (χ3n) is 4.11. The van der Waals surface area contributed by atoms with Gasteiger partial charge in [-0.2, -0.15) is 0 Å². The Kier molecular flexibility index (Phi) is 5.62. The van der Waals surface area contributed by atoms with Gasteiger partial charge in [-0.15, -0.1) is 0 Å². The number of rotatable bonds is 5. The van der Waals surface area contributed by atoms with E-state index in [1.165, 1.54) is 11.8 Å². The number of amidine groups is 1. The molecule has 8 heteroatoms. The normalized spacial score (nSPS) is 18.6. The molecule has 2 heterocycles. The summed E-state index contributed by atoms with van der Waals surface area (Å²) in [6, 6.07) is 3.34. The van der Waals surface area contributed by atoms with Crippen LogP contribution < -0.4 is 9.47 Å². The van der Waals surface area contributed by atoms with Crippen molar-refractivity contribution in [3.8, 4) is 11.5 Å². The molecular formula is C18H19BrN2O4S. The molecule has 26 heavy (non-hydrogen) atoms. The van der Waals surface area contributed by atoms with E-state index in [1.54, 1.807) is 21.1 Å². The maximum atomic E-state index is 12.7. The van der Waals surface area contributed by atoms with Crippen LogP contribution in [0.2, 0.25) is 0 Å². The van der Waals surface area contributed by atoms with Gasteiger partial charge in [0.2, 0.25) is 0 Å². The van der Waals surface area contributed by atoms with Crippen molar-refractivity contribution in [2.45, 2.75) is 19.9 Å². The summed E-state index contributed by atoms with van der Waals surface area (Å²) in [5, 5.41) is 2.77. The molecule has 3 rings (SSSR count). The lowest BCUT2D eigenvalue weighted by molar-refractivity contribution is -0.139. The number of hydrogen-bond acceptors (Lipinski definition) is 7. The molecule has 1 atom stereocenters. The molecular weight excluding hydrogens is 420 g/mol. The van der Waals surface area contributed by atoms with Crippen LogP contribution in [0.5, 0.6) is 11.5 Å². The highest BCUT2D eigenvalue weighted by atomic mass is 79.9. The molecule has 0 saturated heterocycles. The van der Waals surface area contributed by atoms with Crippen LogP contribution in [0.4, 0.5) is 0 Å². The van der Waals surface area contributed by atoms with E-state index < -0.39 is 0 Å². The molecule has 0 saturated carbocycles. The number of aliphatic imine (C=N–C) groups is 1. The quantitative estimate of drug-likeness (QED) is 0.640. The number of thioether (sulfide) groups is 1. The second kappa shape index (κ2) is 7.75. The monoisotopic (exact) mass is 438 g/mol. The molecule has 0 unspecified atom stereocenters. The van der Waals surface area contributed by atoms with Crippen molar-refractivity contribution in [3.63, 3.8) is 0 Å². The Hall–Kier alpha value is -1.93. The van der Waals surface area contributed by atoms with Crippen LogP contribution in [0.3, 0.4) is 0 Å². The predicted molar refractivity (Wildman–Crippen MR) is 105 cm³/mol. The first-order valence-electron chi connectivity index (χ1n) is 8.01. The maximum Gasteiger partial charge on any atom is 0.338 e. The van der Waals surface area contributed by atoms with E-state index in [0.29, 0.717) is 29.4 Å². The van der Waals surface area contributed by atoms with Crippen LogP contribution in [-0.2, 0) is 9.53 Å². The van der Waals surface area contributed by atoms with Crippen molar-refractivity contribution in [1.82, 2.24) is 4.90 Å². The lowest BCUT2D eigenvalue weighted by Gasteiger charge is -2.34. The molecule has 0 N–H and O–H groups in total. The Balaban J connectivity index is 2.18. The molecule has 0 fully saturated rings. The molecule has 0 aliphatic carbocycles. The molecule has 1 aromatic rings. The van der Waals surface area contributed by atoms with Crippen molar-refractivity contribution in [2.75, 3.05) is 20.8 Å². The van der Waals surface area contributed by atoms with E-state index >= 15 is 0 Å². The minimum Gasteiger partial charge on any atom is -0.493 e. The van der Waals surface area contributed by atoms with Gasteiger partial charge in [0.15, 0.2) is 16.7 Å². The number of halogens is 1. The third kappa shape index (κ3) is 3.23. The summed E-state index contributed by atoms with van der Waals surface area (Å²) in [5.41, 5.74) is 2.03. The van der Waals surface area contributed by atoms with Crippen molar-refractivity contribution in [3.05, 3.63) is 45.0 Å². The smallest absolute Gasteiger partial charge is 0.338 e. The molecule has 1 aromatic carbocycles. The summed E-state index contributed by atoms with van der Waals surface area (Å²) >= 11 is 5.13. The highest BCUT2D eigenvalue weighted by molar-refractivity contribution is 9.10. The zero-order valence-electron chi connectivity index (χ0n) is 14.9. The van der Waals surface area contributed by atoms with Gasteiger partial charge >= 0.3 is 5.97 Å². The van der Waals surface area contributed by atoms with Gasteiger partial charge < -0.3 is 19.1 Å². The third-order valence-corrected chi connectivity index (χ3v) is 5.57. The minimum absolute atomic E-state index is 0.302. The molecule has 0 spiro atoms. The van der Waals surface area contributed by atoms with E-state index in [-0.39, 0.29) is 12.0 Å². The Morgan fingerprint density at radius 2 is 2.00 bits per heavy atom. The van der Waals surface area contributed by atoms with Crippen LogP contribution in [-0.4, -0.2) is 36.9 Å². The summed E-state index contributed by atoms with van der Waals surface area (Å²) < 4.78 is 16.9. The zero-order valence-corrected chi connectivity index (χ0v) is 17.3. The summed E-state index contributed by atoms with van der Waals surface area (Å²) in [5.74, 6) is 0.828. The van der Waals surface area contributed by atoms with Crippen molar-refractivity contribution in [2.24, 2.45) is 4.99 Å². The fourth-order valence-electron chi connectivity index (χ4n) is 2.96. The van der Waals surface area contributed by atoms with Gasteiger partial charge in [0, 0.05) is 10.7 Å². The molecule has 0 bridgehead atoms. The fourth-order valence-corrected chi connectivity index (χ4v) is 4.29. The largest absolute Gasteiger partial charge is 0.493 e. The molecule has 0 aromatic heterocycles. The molecule has 0 radical (unpaired) electrons. The lowest BCUT2D eigenvalue weighted by atomic mass is 9.94. The number of carbonyl (C=O) groups excluding carboxylic acids is 1. The average Bonchev–Trinajstić information content (AvgIpc) is 3.08. The Morgan fingerprint density at radius 3 is 2.65 bits per heavy atom.